The van der Waals surface area contributed by atoms with Crippen molar-refractivity contribution in [1.29, 1.82) is 0 Å². The number of nitrogens with two attached hydrogens (primary N) is 1. The predicted molar refractivity (Wildman–Crippen MR) is 56.3 cm³/mol. The van der Waals surface area contributed by atoms with Crippen molar-refractivity contribution in [3.05, 3.63) is 43.0 Å². The number of hydrogen-bond acceptors (Lipinski definition) is 5. The van der Waals surface area contributed by atoms with Crippen LogP contribution < -0.4 is 16.9 Å². The number of aromatic amines is 2. The van der Waals surface area contributed by atoms with Gasteiger partial charge in [0, 0.05) is 6.07 Å². The highest BCUT2D eigenvalue weighted by atomic mass is 16.6. The Morgan fingerprint density at radius 3 is 2.12 bits per heavy atom. The second kappa shape index (κ2) is 3.19. The number of nitro groups is 1. The molecule has 0 aliphatic rings. The van der Waals surface area contributed by atoms with Gasteiger partial charge in [-0.25, -0.2) is 0 Å². The van der Waals surface area contributed by atoms with Gasteiger partial charge in [-0.05, 0) is 6.07 Å². The molecule has 8 heteroatoms. The Morgan fingerprint density at radius 2 is 1.62 bits per heavy atom. The van der Waals surface area contributed by atoms with E-state index in [-0.39, 0.29) is 22.4 Å². The molecular weight excluding hydrogens is 216 g/mol. The van der Waals surface area contributed by atoms with Gasteiger partial charge in [0.05, 0.1) is 16.0 Å². The molecule has 16 heavy (non-hydrogen) atoms. The smallest absolute Gasteiger partial charge is 0.314 e. The topological polar surface area (TPSA) is 135 Å². The molecule has 2 aromatic rings. The zero-order valence-electron chi connectivity index (χ0n) is 7.81. The van der Waals surface area contributed by atoms with Crippen molar-refractivity contribution in [2.24, 2.45) is 0 Å². The lowest BCUT2D eigenvalue weighted by Gasteiger charge is -2.00. The summed E-state index contributed by atoms with van der Waals surface area (Å²) in [6, 6.07) is 2.33. The molecule has 0 aliphatic carbocycles. The zero-order chi connectivity index (χ0) is 11.9. The van der Waals surface area contributed by atoms with E-state index >= 15 is 0 Å². The molecule has 2 rings (SSSR count). The van der Waals surface area contributed by atoms with E-state index in [9.17, 15) is 19.7 Å². The van der Waals surface area contributed by atoms with E-state index in [1.54, 1.807) is 0 Å². The number of nitrogens with one attached hydrogen (secondary N) is 2. The van der Waals surface area contributed by atoms with Crippen molar-refractivity contribution in [1.82, 2.24) is 9.97 Å². The largest absolute Gasteiger partial charge is 0.393 e. The van der Waals surface area contributed by atoms with Crippen LogP contribution in [0.25, 0.3) is 11.0 Å². The molecular formula is C8H6N4O4. The molecule has 0 radical (unpaired) electrons. The minimum Gasteiger partial charge on any atom is -0.393 e. The van der Waals surface area contributed by atoms with E-state index in [0.717, 1.165) is 6.07 Å². The van der Waals surface area contributed by atoms with E-state index in [0.29, 0.717) is 0 Å². The number of aromatic nitrogens is 2. The number of H-pyrrole nitrogens is 2. The van der Waals surface area contributed by atoms with Crippen molar-refractivity contribution in [2.45, 2.75) is 0 Å². The second-order valence-corrected chi connectivity index (χ2v) is 3.12. The Balaban J connectivity index is 2.90. The number of benzene rings is 1. The van der Waals surface area contributed by atoms with Crippen LogP contribution in [0.3, 0.4) is 0 Å². The van der Waals surface area contributed by atoms with Crippen LogP contribution in [0.5, 0.6) is 0 Å². The zero-order valence-corrected chi connectivity index (χ0v) is 7.81. The summed E-state index contributed by atoms with van der Waals surface area (Å²) in [7, 11) is 0. The molecule has 0 saturated carbocycles. The molecule has 0 amide bonds. The molecule has 0 unspecified atom stereocenters. The fraction of sp³-hybridized carbons (Fsp3) is 0. The summed E-state index contributed by atoms with van der Waals surface area (Å²) in [6.45, 7) is 0. The van der Waals surface area contributed by atoms with Crippen LogP contribution in [0, 0.1) is 10.1 Å². The highest BCUT2D eigenvalue weighted by molar-refractivity contribution is 5.83. The summed E-state index contributed by atoms with van der Waals surface area (Å²) in [4.78, 5) is 36.4. The molecule has 82 valence electrons. The number of rotatable bonds is 1. The van der Waals surface area contributed by atoms with Crippen LogP contribution in [-0.2, 0) is 0 Å². The average molecular weight is 222 g/mol. The third-order valence-corrected chi connectivity index (χ3v) is 2.07. The van der Waals surface area contributed by atoms with E-state index in [4.69, 9.17) is 5.73 Å². The van der Waals surface area contributed by atoms with Crippen molar-refractivity contribution in [3.8, 4) is 0 Å². The Morgan fingerprint density at radius 1 is 1.12 bits per heavy atom. The minimum absolute atomic E-state index is 0.0831. The molecule has 0 saturated heterocycles. The van der Waals surface area contributed by atoms with Crippen LogP contribution >= 0.6 is 0 Å². The molecule has 8 nitrogen and oxygen atoms in total. The normalized spacial score (nSPS) is 10.5. The summed E-state index contributed by atoms with van der Waals surface area (Å²) in [5.41, 5.74) is 3.71. The summed E-state index contributed by atoms with van der Waals surface area (Å²) in [5, 5.41) is 10.6. The lowest BCUT2D eigenvalue weighted by atomic mass is 10.2. The first-order valence-corrected chi connectivity index (χ1v) is 4.19. The molecule has 0 aliphatic heterocycles. The first-order chi connectivity index (χ1) is 7.49. The van der Waals surface area contributed by atoms with E-state index in [1.807, 2.05) is 0 Å². The Kier molecular flexibility index (Phi) is 1.97. The Hall–Kier alpha value is -2.64. The molecule has 0 spiro atoms. The standard InChI is InChI=1S/C8H6N4O4/c9-3-1-4-5(2-6(3)12(15)16)11-8(14)7(13)10-4/h1-2H,9H2,(H,10,13)(H,11,14). The van der Waals surface area contributed by atoms with Crippen LogP contribution in [0.1, 0.15) is 0 Å². The van der Waals surface area contributed by atoms with E-state index in [2.05, 4.69) is 9.97 Å². The van der Waals surface area contributed by atoms with Gasteiger partial charge in [0.25, 0.3) is 5.69 Å². The average Bonchev–Trinajstić information content (AvgIpc) is 2.19. The van der Waals surface area contributed by atoms with Crippen LogP contribution in [0.2, 0.25) is 0 Å². The number of fused-ring (bicyclic) bond motifs is 1. The third kappa shape index (κ3) is 1.41. The number of anilines is 1. The van der Waals surface area contributed by atoms with Gasteiger partial charge < -0.3 is 15.7 Å². The maximum atomic E-state index is 11.0. The Labute approximate surface area is 86.9 Å². The molecule has 0 atom stereocenters. The van der Waals surface area contributed by atoms with Gasteiger partial charge in [-0.15, -0.1) is 0 Å². The minimum atomic E-state index is -0.869. The van der Waals surface area contributed by atoms with Crippen molar-refractivity contribution in [3.63, 3.8) is 0 Å². The van der Waals surface area contributed by atoms with E-state index in [1.165, 1.54) is 6.07 Å². The third-order valence-electron chi connectivity index (χ3n) is 2.07. The molecule has 0 bridgehead atoms. The first-order valence-electron chi connectivity index (χ1n) is 4.19. The van der Waals surface area contributed by atoms with Crippen molar-refractivity contribution < 1.29 is 4.92 Å². The van der Waals surface area contributed by atoms with Gasteiger partial charge in [-0.3, -0.25) is 19.7 Å². The number of nitrogen functional groups attached to an aromatic ring is 1. The molecule has 1 aromatic heterocycles. The van der Waals surface area contributed by atoms with Gasteiger partial charge in [-0.2, -0.15) is 0 Å². The maximum Gasteiger partial charge on any atom is 0.314 e. The van der Waals surface area contributed by atoms with Gasteiger partial charge in [-0.1, -0.05) is 0 Å². The van der Waals surface area contributed by atoms with Crippen LogP contribution in [0.4, 0.5) is 11.4 Å². The molecule has 1 heterocycles. The molecule has 0 fully saturated rings. The SMILES string of the molecule is Nc1cc2[nH]c(=O)c(=O)[nH]c2cc1[N+](=O)[O-]. The van der Waals surface area contributed by atoms with Gasteiger partial charge in [0.15, 0.2) is 0 Å². The highest BCUT2D eigenvalue weighted by Gasteiger charge is 2.13. The Bertz CT molecular complexity index is 699. The monoisotopic (exact) mass is 222 g/mol. The number of hydrogen-bond donors (Lipinski definition) is 3. The molecule has 4 N–H and O–H groups in total. The number of nitrogens with zero attached hydrogens (tertiary/aromatic N) is 1. The summed E-state index contributed by atoms with van der Waals surface area (Å²) < 4.78 is 0. The van der Waals surface area contributed by atoms with E-state index < -0.39 is 16.0 Å². The highest BCUT2D eigenvalue weighted by Crippen LogP contribution is 2.24. The maximum absolute atomic E-state index is 11.0. The quantitative estimate of drug-likeness (QED) is 0.263. The van der Waals surface area contributed by atoms with Crippen molar-refractivity contribution in [2.75, 3.05) is 5.73 Å². The van der Waals surface area contributed by atoms with Gasteiger partial charge >= 0.3 is 11.1 Å². The first kappa shape index (κ1) is 9.90. The van der Waals surface area contributed by atoms with Gasteiger partial charge in [0.2, 0.25) is 0 Å². The lowest BCUT2D eigenvalue weighted by molar-refractivity contribution is -0.383. The summed E-state index contributed by atoms with van der Waals surface area (Å²) >= 11 is 0. The van der Waals surface area contributed by atoms with Crippen molar-refractivity contribution >= 4 is 22.4 Å². The fourth-order valence-electron chi connectivity index (χ4n) is 1.33. The van der Waals surface area contributed by atoms with Gasteiger partial charge in [0.1, 0.15) is 5.69 Å². The predicted octanol–water partition coefficient (Wildman–Crippen LogP) is -0.293. The number of nitro benzene ring substituents is 1. The van der Waals surface area contributed by atoms with Crippen LogP contribution in [0.15, 0.2) is 21.7 Å². The molecule has 1 aromatic carbocycles. The van der Waals surface area contributed by atoms with Crippen LogP contribution in [-0.4, -0.2) is 14.9 Å². The summed E-state index contributed by atoms with van der Waals surface area (Å²) in [6.07, 6.45) is 0. The fourth-order valence-corrected chi connectivity index (χ4v) is 1.33. The second-order valence-electron chi connectivity index (χ2n) is 3.12. The lowest BCUT2D eigenvalue weighted by Crippen LogP contribution is -2.28. The summed E-state index contributed by atoms with van der Waals surface area (Å²) in [5.74, 6) is 0.